The highest BCUT2D eigenvalue weighted by molar-refractivity contribution is 8.02. The zero-order valence-corrected chi connectivity index (χ0v) is 17.7. The average Bonchev–Trinajstić information content (AvgIpc) is 2.73. The maximum Gasteiger partial charge on any atom is 0.337 e. The van der Waals surface area contributed by atoms with Crippen molar-refractivity contribution in [1.82, 2.24) is 5.32 Å². The Hall–Kier alpha value is -2.46. The van der Waals surface area contributed by atoms with Crippen molar-refractivity contribution in [1.29, 1.82) is 5.26 Å². The highest BCUT2D eigenvalue weighted by atomic mass is 35.5. The van der Waals surface area contributed by atoms with Crippen molar-refractivity contribution < 1.29 is 14.3 Å². The molecule has 0 aromatic heterocycles. The Balaban J connectivity index is 1.86. The van der Waals surface area contributed by atoms with Gasteiger partial charge in [-0.05, 0) is 35.4 Å². The predicted octanol–water partition coefficient (Wildman–Crippen LogP) is 5.05. The van der Waals surface area contributed by atoms with E-state index >= 15 is 0 Å². The van der Waals surface area contributed by atoms with E-state index in [0.29, 0.717) is 32.0 Å². The van der Waals surface area contributed by atoms with Crippen molar-refractivity contribution in [3.05, 3.63) is 79.8 Å². The summed E-state index contributed by atoms with van der Waals surface area (Å²) in [5, 5.41) is 14.0. The van der Waals surface area contributed by atoms with Gasteiger partial charge in [-0.1, -0.05) is 41.4 Å². The fourth-order valence-corrected chi connectivity index (χ4v) is 4.31. The minimum absolute atomic E-state index is 0.164. The normalized spacial score (nSPS) is 16.2. The van der Waals surface area contributed by atoms with Gasteiger partial charge in [0.2, 0.25) is 5.91 Å². The van der Waals surface area contributed by atoms with Crippen LogP contribution in [-0.4, -0.2) is 19.0 Å². The first-order valence-electron chi connectivity index (χ1n) is 8.62. The topological polar surface area (TPSA) is 79.2 Å². The Bertz CT molecular complexity index is 1030. The van der Waals surface area contributed by atoms with Crippen LogP contribution in [0.15, 0.2) is 53.1 Å². The number of rotatable bonds is 5. The molecule has 0 unspecified atom stereocenters. The van der Waals surface area contributed by atoms with Gasteiger partial charge in [0, 0.05) is 18.1 Å². The largest absolute Gasteiger partial charge is 0.465 e. The van der Waals surface area contributed by atoms with Gasteiger partial charge in [0.1, 0.15) is 0 Å². The number of amides is 1. The fourth-order valence-electron chi connectivity index (χ4n) is 2.97. The molecule has 1 aliphatic rings. The Morgan fingerprint density at radius 3 is 2.59 bits per heavy atom. The standard InChI is InChI=1S/C21H16Cl2N2O3S/c1-28-21(27)14-5-3-13(4-6-14)15-9-19(26)25-20(16(15)10-24)29-11-12-2-7-17(22)18(23)8-12/h2-8,15H,9,11H2,1H3,(H,25,26)/t15-/m0/s1. The van der Waals surface area contributed by atoms with E-state index < -0.39 is 5.97 Å². The number of benzene rings is 2. The lowest BCUT2D eigenvalue weighted by molar-refractivity contribution is -0.120. The number of carbonyl (C=O) groups is 2. The zero-order chi connectivity index (χ0) is 21.0. The van der Waals surface area contributed by atoms with Crippen molar-refractivity contribution in [3.8, 4) is 6.07 Å². The molecule has 148 valence electrons. The summed E-state index contributed by atoms with van der Waals surface area (Å²) < 4.78 is 4.70. The second-order valence-corrected chi connectivity index (χ2v) is 8.11. The number of esters is 1. The van der Waals surface area contributed by atoms with Gasteiger partial charge < -0.3 is 10.1 Å². The quantitative estimate of drug-likeness (QED) is 0.649. The smallest absolute Gasteiger partial charge is 0.337 e. The van der Waals surface area contributed by atoms with Gasteiger partial charge in [0.25, 0.3) is 0 Å². The van der Waals surface area contributed by atoms with Crippen LogP contribution in [0.1, 0.15) is 33.8 Å². The van der Waals surface area contributed by atoms with Gasteiger partial charge in [-0.25, -0.2) is 4.79 Å². The van der Waals surface area contributed by atoms with Crippen LogP contribution >= 0.6 is 35.0 Å². The number of nitrogens with zero attached hydrogens (tertiary/aromatic N) is 1. The molecule has 0 fully saturated rings. The van der Waals surface area contributed by atoms with E-state index in [0.717, 1.165) is 11.1 Å². The third-order valence-electron chi connectivity index (χ3n) is 4.46. The molecular weight excluding hydrogens is 431 g/mol. The van der Waals surface area contributed by atoms with Gasteiger partial charge in [-0.15, -0.1) is 11.8 Å². The van der Waals surface area contributed by atoms with Crippen LogP contribution in [0.3, 0.4) is 0 Å². The molecule has 0 saturated heterocycles. The number of halogens is 2. The average molecular weight is 447 g/mol. The van der Waals surface area contributed by atoms with Crippen LogP contribution in [0.5, 0.6) is 0 Å². The fraction of sp³-hybridized carbons (Fsp3) is 0.190. The molecule has 0 bridgehead atoms. The number of nitrogens with one attached hydrogen (secondary N) is 1. The van der Waals surface area contributed by atoms with Crippen LogP contribution in [0.4, 0.5) is 0 Å². The summed E-state index contributed by atoms with van der Waals surface area (Å²) in [6.07, 6.45) is 0.164. The summed E-state index contributed by atoms with van der Waals surface area (Å²) in [7, 11) is 1.32. The molecule has 0 radical (unpaired) electrons. The maximum absolute atomic E-state index is 12.3. The first-order chi connectivity index (χ1) is 13.9. The van der Waals surface area contributed by atoms with Gasteiger partial charge in [-0.2, -0.15) is 5.26 Å². The highest BCUT2D eigenvalue weighted by Crippen LogP contribution is 2.37. The van der Waals surface area contributed by atoms with Crippen molar-refractivity contribution in [3.63, 3.8) is 0 Å². The molecule has 8 heteroatoms. The van der Waals surface area contributed by atoms with Crippen molar-refractivity contribution in [2.24, 2.45) is 0 Å². The van der Waals surface area contributed by atoms with E-state index in [-0.39, 0.29) is 18.2 Å². The molecule has 0 spiro atoms. The lowest BCUT2D eigenvalue weighted by atomic mass is 9.87. The number of thioether (sulfide) groups is 1. The number of carbonyl (C=O) groups excluding carboxylic acids is 2. The second kappa shape index (κ2) is 9.36. The monoisotopic (exact) mass is 446 g/mol. The molecule has 2 aromatic carbocycles. The molecular formula is C21H16Cl2N2O3S. The summed E-state index contributed by atoms with van der Waals surface area (Å²) in [5.74, 6) is -0.461. The third kappa shape index (κ3) is 4.94. The summed E-state index contributed by atoms with van der Waals surface area (Å²) in [6, 6.07) is 14.3. The number of ether oxygens (including phenoxy) is 1. The zero-order valence-electron chi connectivity index (χ0n) is 15.4. The Kier molecular flexibility index (Phi) is 6.86. The van der Waals surface area contributed by atoms with E-state index in [1.54, 1.807) is 36.4 Å². The van der Waals surface area contributed by atoms with Crippen LogP contribution in [0, 0.1) is 11.3 Å². The van der Waals surface area contributed by atoms with Crippen molar-refractivity contribution >= 4 is 46.8 Å². The van der Waals surface area contributed by atoms with Crippen LogP contribution in [0.25, 0.3) is 0 Å². The van der Waals surface area contributed by atoms with Crippen molar-refractivity contribution in [2.75, 3.05) is 7.11 Å². The van der Waals surface area contributed by atoms with E-state index in [2.05, 4.69) is 11.4 Å². The summed E-state index contributed by atoms with van der Waals surface area (Å²) in [6.45, 7) is 0. The molecule has 0 aliphatic carbocycles. The number of nitriles is 1. The number of hydrogen-bond donors (Lipinski definition) is 1. The summed E-state index contributed by atoms with van der Waals surface area (Å²) >= 11 is 13.4. The second-order valence-electron chi connectivity index (χ2n) is 6.31. The number of hydrogen-bond acceptors (Lipinski definition) is 5. The Morgan fingerprint density at radius 2 is 1.97 bits per heavy atom. The van der Waals surface area contributed by atoms with Gasteiger partial charge in [-0.3, -0.25) is 4.79 Å². The molecule has 1 N–H and O–H groups in total. The van der Waals surface area contributed by atoms with E-state index in [1.807, 2.05) is 6.07 Å². The molecule has 1 atom stereocenters. The molecule has 1 amide bonds. The molecule has 1 heterocycles. The number of allylic oxidation sites excluding steroid dienone is 1. The lowest BCUT2D eigenvalue weighted by Crippen LogP contribution is -2.30. The van der Waals surface area contributed by atoms with Gasteiger partial charge in [0.05, 0.1) is 39.4 Å². The summed E-state index contributed by atoms with van der Waals surface area (Å²) in [4.78, 5) is 23.9. The minimum atomic E-state index is -0.438. The predicted molar refractivity (Wildman–Crippen MR) is 114 cm³/mol. The molecule has 3 rings (SSSR count). The maximum atomic E-state index is 12.3. The molecule has 0 saturated carbocycles. The van der Waals surface area contributed by atoms with Gasteiger partial charge in [0.15, 0.2) is 0 Å². The van der Waals surface area contributed by atoms with Crippen molar-refractivity contribution in [2.45, 2.75) is 18.1 Å². The van der Waals surface area contributed by atoms with E-state index in [1.165, 1.54) is 18.9 Å². The first-order valence-corrected chi connectivity index (χ1v) is 10.4. The SMILES string of the molecule is COC(=O)c1ccc([C@@H]2CC(=O)NC(SCc3ccc(Cl)c(Cl)c3)=C2C#N)cc1. The molecule has 5 nitrogen and oxygen atoms in total. The molecule has 2 aromatic rings. The van der Waals surface area contributed by atoms with E-state index in [9.17, 15) is 14.9 Å². The number of methoxy groups -OCH3 is 1. The van der Waals surface area contributed by atoms with Crippen LogP contribution < -0.4 is 5.32 Å². The third-order valence-corrected chi connectivity index (χ3v) is 6.28. The highest BCUT2D eigenvalue weighted by Gasteiger charge is 2.29. The Labute approximate surface area is 182 Å². The van der Waals surface area contributed by atoms with E-state index in [4.69, 9.17) is 27.9 Å². The molecule has 29 heavy (non-hydrogen) atoms. The van der Waals surface area contributed by atoms with Crippen LogP contribution in [-0.2, 0) is 15.3 Å². The summed E-state index contributed by atoms with van der Waals surface area (Å²) in [5.41, 5.74) is 2.61. The molecule has 1 aliphatic heterocycles. The minimum Gasteiger partial charge on any atom is -0.465 e. The lowest BCUT2D eigenvalue weighted by Gasteiger charge is -2.25. The first kappa shape index (κ1) is 21.3. The van der Waals surface area contributed by atoms with Crippen LogP contribution in [0.2, 0.25) is 10.0 Å². The van der Waals surface area contributed by atoms with Gasteiger partial charge >= 0.3 is 5.97 Å². The Morgan fingerprint density at radius 1 is 1.24 bits per heavy atom.